The van der Waals surface area contributed by atoms with Crippen molar-refractivity contribution in [1.82, 2.24) is 10.5 Å². The van der Waals surface area contributed by atoms with Crippen LogP contribution >= 0.6 is 0 Å². The van der Waals surface area contributed by atoms with Gasteiger partial charge in [0.05, 0.1) is 11.7 Å². The van der Waals surface area contributed by atoms with Crippen molar-refractivity contribution < 1.29 is 14.4 Å². The van der Waals surface area contributed by atoms with Crippen molar-refractivity contribution in [2.24, 2.45) is 5.73 Å². The molecule has 0 aliphatic rings. The van der Waals surface area contributed by atoms with E-state index >= 15 is 0 Å². The average Bonchev–Trinajstić information content (AvgIpc) is 2.78. The monoisotopic (exact) mass is 289 g/mol. The molecule has 1 unspecified atom stereocenters. The van der Waals surface area contributed by atoms with E-state index in [0.29, 0.717) is 18.7 Å². The number of nitrogens with two attached hydrogens (primary N) is 1. The number of nitrogens with zero attached hydrogens (tertiary/aromatic N) is 1. The predicted octanol–water partition coefficient (Wildman–Crippen LogP) is 1.18. The Morgan fingerprint density at radius 2 is 2.05 bits per heavy atom. The second kappa shape index (κ2) is 6.41. The summed E-state index contributed by atoms with van der Waals surface area (Å²) in [6.45, 7) is 3.98. The van der Waals surface area contributed by atoms with Crippen molar-refractivity contribution in [3.8, 4) is 5.75 Å². The molecule has 0 aliphatic heterocycles. The SMILES string of the molecule is Cc1noc(C)c1CNC(=O)C(N)Cc1ccc(O)cc1. The third-order valence-corrected chi connectivity index (χ3v) is 3.35. The zero-order chi connectivity index (χ0) is 15.4. The number of aromatic nitrogens is 1. The van der Waals surface area contributed by atoms with E-state index in [1.54, 1.807) is 31.2 Å². The summed E-state index contributed by atoms with van der Waals surface area (Å²) in [6.07, 6.45) is 0.410. The summed E-state index contributed by atoms with van der Waals surface area (Å²) in [5, 5.41) is 15.8. The molecule has 0 fully saturated rings. The van der Waals surface area contributed by atoms with Crippen LogP contribution in [0, 0.1) is 13.8 Å². The van der Waals surface area contributed by atoms with Gasteiger partial charge < -0.3 is 20.7 Å². The molecule has 0 saturated heterocycles. The van der Waals surface area contributed by atoms with Crippen LogP contribution in [0.1, 0.15) is 22.6 Å². The Labute approximate surface area is 122 Å². The molecule has 2 aromatic rings. The number of carbonyl (C=O) groups excluding carboxylic acids is 1. The van der Waals surface area contributed by atoms with E-state index in [2.05, 4.69) is 10.5 Å². The van der Waals surface area contributed by atoms with E-state index in [1.807, 2.05) is 6.92 Å². The van der Waals surface area contributed by atoms with Crippen LogP contribution in [-0.2, 0) is 17.8 Å². The zero-order valence-corrected chi connectivity index (χ0v) is 12.1. The number of phenolic OH excluding ortho intramolecular Hbond substituents is 1. The number of phenols is 1. The van der Waals surface area contributed by atoms with Gasteiger partial charge in [0.1, 0.15) is 11.5 Å². The summed E-state index contributed by atoms with van der Waals surface area (Å²) in [4.78, 5) is 12.0. The summed E-state index contributed by atoms with van der Waals surface area (Å²) < 4.78 is 5.04. The number of hydrogen-bond acceptors (Lipinski definition) is 5. The molecule has 1 aromatic carbocycles. The molecule has 0 bridgehead atoms. The maximum atomic E-state index is 12.0. The predicted molar refractivity (Wildman–Crippen MR) is 77.6 cm³/mol. The first kappa shape index (κ1) is 15.1. The maximum Gasteiger partial charge on any atom is 0.237 e. The number of hydrogen-bond donors (Lipinski definition) is 3. The van der Waals surface area contributed by atoms with E-state index in [0.717, 1.165) is 16.8 Å². The Morgan fingerprint density at radius 3 is 2.62 bits per heavy atom. The van der Waals surface area contributed by atoms with Crippen molar-refractivity contribution in [3.05, 3.63) is 46.8 Å². The van der Waals surface area contributed by atoms with Gasteiger partial charge >= 0.3 is 0 Å². The fourth-order valence-electron chi connectivity index (χ4n) is 2.04. The van der Waals surface area contributed by atoms with Crippen LogP contribution in [0.4, 0.5) is 0 Å². The van der Waals surface area contributed by atoms with Gasteiger partial charge in [-0.05, 0) is 38.0 Å². The van der Waals surface area contributed by atoms with Crippen LogP contribution in [0.3, 0.4) is 0 Å². The maximum absolute atomic E-state index is 12.0. The summed E-state index contributed by atoms with van der Waals surface area (Å²) in [5.41, 5.74) is 8.42. The van der Waals surface area contributed by atoms with Gasteiger partial charge in [-0.1, -0.05) is 17.3 Å². The smallest absolute Gasteiger partial charge is 0.237 e. The molecule has 2 rings (SSSR count). The summed E-state index contributed by atoms with van der Waals surface area (Å²) in [7, 11) is 0. The fraction of sp³-hybridized carbons (Fsp3) is 0.333. The van der Waals surface area contributed by atoms with Crippen LogP contribution in [-0.4, -0.2) is 22.2 Å². The lowest BCUT2D eigenvalue weighted by Gasteiger charge is -2.12. The van der Waals surface area contributed by atoms with Crippen LogP contribution in [0.15, 0.2) is 28.8 Å². The first-order valence-electron chi connectivity index (χ1n) is 6.70. The van der Waals surface area contributed by atoms with Crippen LogP contribution < -0.4 is 11.1 Å². The molecule has 1 atom stereocenters. The van der Waals surface area contributed by atoms with E-state index in [4.69, 9.17) is 10.3 Å². The van der Waals surface area contributed by atoms with Gasteiger partial charge in [0, 0.05) is 12.1 Å². The van der Waals surface area contributed by atoms with Gasteiger partial charge in [0.2, 0.25) is 5.91 Å². The van der Waals surface area contributed by atoms with Gasteiger partial charge in [0.25, 0.3) is 0 Å². The Balaban J connectivity index is 1.89. The largest absolute Gasteiger partial charge is 0.508 e. The number of benzene rings is 1. The molecule has 6 heteroatoms. The van der Waals surface area contributed by atoms with Gasteiger partial charge in [0.15, 0.2) is 0 Å². The minimum Gasteiger partial charge on any atom is -0.508 e. The highest BCUT2D eigenvalue weighted by molar-refractivity contribution is 5.81. The second-order valence-corrected chi connectivity index (χ2v) is 5.00. The van der Waals surface area contributed by atoms with E-state index in [-0.39, 0.29) is 11.7 Å². The second-order valence-electron chi connectivity index (χ2n) is 5.00. The van der Waals surface area contributed by atoms with Crippen molar-refractivity contribution in [2.45, 2.75) is 32.9 Å². The molecule has 1 heterocycles. The van der Waals surface area contributed by atoms with Crippen molar-refractivity contribution in [3.63, 3.8) is 0 Å². The molecule has 0 aliphatic carbocycles. The molecule has 0 spiro atoms. The highest BCUT2D eigenvalue weighted by atomic mass is 16.5. The molecular formula is C15H19N3O3. The number of carbonyl (C=O) groups is 1. The third kappa shape index (κ3) is 3.82. The topological polar surface area (TPSA) is 101 Å². The lowest BCUT2D eigenvalue weighted by Crippen LogP contribution is -2.41. The Morgan fingerprint density at radius 1 is 1.38 bits per heavy atom. The minimum atomic E-state index is -0.644. The summed E-state index contributed by atoms with van der Waals surface area (Å²) >= 11 is 0. The van der Waals surface area contributed by atoms with Crippen molar-refractivity contribution in [2.75, 3.05) is 0 Å². The van der Waals surface area contributed by atoms with Gasteiger partial charge in [-0.3, -0.25) is 4.79 Å². The highest BCUT2D eigenvalue weighted by Gasteiger charge is 2.16. The third-order valence-electron chi connectivity index (χ3n) is 3.35. The van der Waals surface area contributed by atoms with Gasteiger partial charge in [-0.25, -0.2) is 0 Å². The van der Waals surface area contributed by atoms with Crippen molar-refractivity contribution >= 4 is 5.91 Å². The number of aromatic hydroxyl groups is 1. The first-order valence-corrected chi connectivity index (χ1v) is 6.70. The number of aryl methyl sites for hydroxylation is 2. The highest BCUT2D eigenvalue weighted by Crippen LogP contribution is 2.12. The molecule has 4 N–H and O–H groups in total. The van der Waals surface area contributed by atoms with E-state index < -0.39 is 6.04 Å². The summed E-state index contributed by atoms with van der Waals surface area (Å²) in [6, 6.07) is 6.00. The minimum absolute atomic E-state index is 0.190. The molecule has 0 saturated carbocycles. The quantitative estimate of drug-likeness (QED) is 0.767. The number of amides is 1. The molecule has 1 aromatic heterocycles. The average molecular weight is 289 g/mol. The zero-order valence-electron chi connectivity index (χ0n) is 12.1. The summed E-state index contributed by atoms with van der Waals surface area (Å²) in [5.74, 6) is 0.651. The first-order chi connectivity index (χ1) is 9.97. The molecule has 6 nitrogen and oxygen atoms in total. The standard InChI is InChI=1S/C15H19N3O3/c1-9-13(10(2)21-18-9)8-17-15(20)14(16)7-11-3-5-12(19)6-4-11/h3-6,14,19H,7-8,16H2,1-2H3,(H,17,20). The molecule has 112 valence electrons. The van der Waals surface area contributed by atoms with E-state index in [9.17, 15) is 9.90 Å². The number of nitrogens with one attached hydrogen (secondary N) is 1. The fourth-order valence-corrected chi connectivity index (χ4v) is 2.04. The lowest BCUT2D eigenvalue weighted by atomic mass is 10.1. The van der Waals surface area contributed by atoms with Crippen LogP contribution in [0.2, 0.25) is 0 Å². The Kier molecular flexibility index (Phi) is 4.59. The molecule has 0 radical (unpaired) electrons. The lowest BCUT2D eigenvalue weighted by molar-refractivity contribution is -0.122. The Bertz CT molecular complexity index is 600. The van der Waals surface area contributed by atoms with Gasteiger partial charge in [-0.2, -0.15) is 0 Å². The number of rotatable bonds is 5. The van der Waals surface area contributed by atoms with Gasteiger partial charge in [-0.15, -0.1) is 0 Å². The van der Waals surface area contributed by atoms with Crippen LogP contribution in [0.5, 0.6) is 5.75 Å². The normalized spacial score (nSPS) is 12.1. The van der Waals surface area contributed by atoms with E-state index in [1.165, 1.54) is 0 Å². The van der Waals surface area contributed by atoms with Crippen molar-refractivity contribution in [1.29, 1.82) is 0 Å². The molecular weight excluding hydrogens is 270 g/mol. The molecule has 21 heavy (non-hydrogen) atoms. The Hall–Kier alpha value is -2.34. The van der Waals surface area contributed by atoms with Crippen LogP contribution in [0.25, 0.3) is 0 Å². The molecule has 1 amide bonds.